The van der Waals surface area contributed by atoms with Gasteiger partial charge in [-0.15, -0.1) is 0 Å². The molecule has 2 rings (SSSR count). The molecular weight excluding hydrogens is 354 g/mol. The predicted octanol–water partition coefficient (Wildman–Crippen LogP) is 6.25. The van der Waals surface area contributed by atoms with E-state index in [4.69, 9.17) is 46.4 Å². The summed E-state index contributed by atoms with van der Waals surface area (Å²) in [5.74, 6) is 0. The van der Waals surface area contributed by atoms with Crippen molar-refractivity contribution in [3.63, 3.8) is 0 Å². The normalized spacial score (nSPS) is 10.3. The molecule has 3 nitrogen and oxygen atoms in total. The maximum Gasteiger partial charge on any atom is 0.323 e. The van der Waals surface area contributed by atoms with Gasteiger partial charge in [-0.1, -0.05) is 46.4 Å². The number of urea groups is 1. The minimum Gasteiger partial charge on any atom is -0.308 e. The Hall–Kier alpha value is -1.13. The Balaban J connectivity index is 2.11. The van der Waals surface area contributed by atoms with E-state index in [9.17, 15) is 4.79 Å². The summed E-state index contributed by atoms with van der Waals surface area (Å²) in [6.07, 6.45) is 0. The van der Waals surface area contributed by atoms with Gasteiger partial charge in [0, 0.05) is 31.5 Å². The highest BCUT2D eigenvalue weighted by Gasteiger charge is 2.08. The molecule has 2 N–H and O–H groups in total. The van der Waals surface area contributed by atoms with Gasteiger partial charge in [-0.2, -0.15) is 0 Å². The number of carbonyl (C=O) groups is 1. The molecule has 2 aromatic rings. The van der Waals surface area contributed by atoms with Crippen molar-refractivity contribution in [2.45, 2.75) is 6.92 Å². The average Bonchev–Trinajstić information content (AvgIpc) is 2.34. The van der Waals surface area contributed by atoms with E-state index in [1.54, 1.807) is 37.3 Å². The van der Waals surface area contributed by atoms with Gasteiger partial charge < -0.3 is 10.6 Å². The zero-order valence-electron chi connectivity index (χ0n) is 10.8. The molecule has 0 aliphatic rings. The van der Waals surface area contributed by atoms with E-state index in [0.29, 0.717) is 31.5 Å². The van der Waals surface area contributed by atoms with Crippen LogP contribution in [0.5, 0.6) is 0 Å². The van der Waals surface area contributed by atoms with Crippen LogP contribution in [0.3, 0.4) is 0 Å². The first kappa shape index (κ1) is 16.2. The lowest BCUT2D eigenvalue weighted by molar-refractivity contribution is 0.262. The van der Waals surface area contributed by atoms with Gasteiger partial charge in [-0.05, 0) is 42.8 Å². The van der Waals surface area contributed by atoms with E-state index in [-0.39, 0.29) is 0 Å². The summed E-state index contributed by atoms with van der Waals surface area (Å²) in [5.41, 5.74) is 1.72. The molecule has 21 heavy (non-hydrogen) atoms. The minimum atomic E-state index is -0.454. The Kier molecular flexibility index (Phi) is 5.22. The third-order valence-corrected chi connectivity index (χ3v) is 3.88. The molecule has 0 saturated carbocycles. The van der Waals surface area contributed by atoms with Crippen LogP contribution in [0.25, 0.3) is 0 Å². The third kappa shape index (κ3) is 4.42. The molecule has 0 spiro atoms. The summed E-state index contributed by atoms with van der Waals surface area (Å²) < 4.78 is 0. The van der Waals surface area contributed by atoms with Gasteiger partial charge in [0.25, 0.3) is 0 Å². The van der Waals surface area contributed by atoms with Crippen LogP contribution < -0.4 is 10.6 Å². The highest BCUT2D eigenvalue weighted by molar-refractivity contribution is 6.36. The van der Waals surface area contributed by atoms with E-state index < -0.39 is 6.03 Å². The summed E-state index contributed by atoms with van der Waals surface area (Å²) in [6.45, 7) is 1.79. The maximum absolute atomic E-state index is 11.9. The molecule has 110 valence electrons. The first-order valence-corrected chi connectivity index (χ1v) is 7.36. The highest BCUT2D eigenvalue weighted by atomic mass is 35.5. The van der Waals surface area contributed by atoms with Crippen LogP contribution in [-0.2, 0) is 0 Å². The maximum atomic E-state index is 11.9. The van der Waals surface area contributed by atoms with Crippen LogP contribution in [-0.4, -0.2) is 6.03 Å². The van der Waals surface area contributed by atoms with E-state index in [2.05, 4.69) is 10.6 Å². The summed E-state index contributed by atoms with van der Waals surface area (Å²) in [5, 5.41) is 7.06. The number of benzene rings is 2. The zero-order chi connectivity index (χ0) is 15.6. The second-order valence-corrected chi connectivity index (χ2v) is 5.99. The predicted molar refractivity (Wildman–Crippen MR) is 90.3 cm³/mol. The second kappa shape index (κ2) is 6.75. The largest absolute Gasteiger partial charge is 0.323 e. The standard InChI is InChI=1S/C14H10Cl4N2O/c1-7-12(17)5-11(6-13(7)18)20-14(21)19-10-3-8(15)2-9(16)4-10/h2-6H,1H3,(H2,19,20,21). The van der Waals surface area contributed by atoms with E-state index in [0.717, 1.165) is 5.56 Å². The first-order chi connectivity index (χ1) is 9.85. The SMILES string of the molecule is Cc1c(Cl)cc(NC(=O)Nc2cc(Cl)cc(Cl)c2)cc1Cl. The number of anilines is 2. The summed E-state index contributed by atoms with van der Waals surface area (Å²) in [7, 11) is 0. The smallest absolute Gasteiger partial charge is 0.308 e. The third-order valence-electron chi connectivity index (χ3n) is 2.66. The monoisotopic (exact) mass is 362 g/mol. The molecule has 0 bridgehead atoms. The molecule has 0 unspecified atom stereocenters. The Bertz CT molecular complexity index is 660. The Morgan fingerprint density at radius 1 is 0.810 bits per heavy atom. The minimum absolute atomic E-state index is 0.430. The van der Waals surface area contributed by atoms with Crippen LogP contribution in [0.15, 0.2) is 30.3 Å². The molecule has 0 aromatic heterocycles. The summed E-state index contributed by atoms with van der Waals surface area (Å²) >= 11 is 23.7. The topological polar surface area (TPSA) is 41.1 Å². The lowest BCUT2D eigenvalue weighted by Gasteiger charge is -2.10. The van der Waals surface area contributed by atoms with Crippen molar-refractivity contribution >= 4 is 63.8 Å². The number of nitrogens with one attached hydrogen (secondary N) is 2. The fourth-order valence-electron chi connectivity index (χ4n) is 1.64. The molecule has 0 atom stereocenters. The number of hydrogen-bond donors (Lipinski definition) is 2. The van der Waals surface area contributed by atoms with Gasteiger partial charge in [0.15, 0.2) is 0 Å². The molecule has 0 aliphatic heterocycles. The highest BCUT2D eigenvalue weighted by Crippen LogP contribution is 2.28. The van der Waals surface area contributed by atoms with Crippen molar-refractivity contribution in [1.29, 1.82) is 0 Å². The molecular formula is C14H10Cl4N2O. The Morgan fingerprint density at radius 3 is 1.71 bits per heavy atom. The van der Waals surface area contributed by atoms with Crippen LogP contribution in [0, 0.1) is 6.92 Å². The van der Waals surface area contributed by atoms with Crippen LogP contribution in [0.4, 0.5) is 16.2 Å². The molecule has 7 heteroatoms. The lowest BCUT2D eigenvalue weighted by atomic mass is 10.2. The van der Waals surface area contributed by atoms with Crippen LogP contribution in [0.2, 0.25) is 20.1 Å². The summed E-state index contributed by atoms with van der Waals surface area (Å²) in [6, 6.07) is 7.53. The average molecular weight is 364 g/mol. The van der Waals surface area contributed by atoms with Gasteiger partial charge in [0.05, 0.1) is 0 Å². The number of rotatable bonds is 2. The van der Waals surface area contributed by atoms with Gasteiger partial charge in [0.1, 0.15) is 0 Å². The molecule has 0 fully saturated rings. The molecule has 0 saturated heterocycles. The quantitative estimate of drug-likeness (QED) is 0.650. The van der Waals surface area contributed by atoms with E-state index in [1.165, 1.54) is 0 Å². The van der Waals surface area contributed by atoms with Crippen LogP contribution >= 0.6 is 46.4 Å². The van der Waals surface area contributed by atoms with Crippen molar-refractivity contribution in [2.75, 3.05) is 10.6 Å². The van der Waals surface area contributed by atoms with E-state index >= 15 is 0 Å². The molecule has 2 amide bonds. The molecule has 2 aromatic carbocycles. The van der Waals surface area contributed by atoms with E-state index in [1.807, 2.05) is 0 Å². The lowest BCUT2D eigenvalue weighted by Crippen LogP contribution is -2.19. The summed E-state index contributed by atoms with van der Waals surface area (Å²) in [4.78, 5) is 11.9. The Labute approximate surface area is 142 Å². The molecule has 0 aliphatic carbocycles. The van der Waals surface area contributed by atoms with Crippen molar-refractivity contribution in [2.24, 2.45) is 0 Å². The van der Waals surface area contributed by atoms with Crippen LogP contribution in [0.1, 0.15) is 5.56 Å². The fourth-order valence-corrected chi connectivity index (χ4v) is 2.65. The van der Waals surface area contributed by atoms with Gasteiger partial charge in [-0.25, -0.2) is 4.79 Å². The van der Waals surface area contributed by atoms with Gasteiger partial charge >= 0.3 is 6.03 Å². The van der Waals surface area contributed by atoms with Crippen molar-refractivity contribution in [3.05, 3.63) is 56.0 Å². The number of hydrogen-bond acceptors (Lipinski definition) is 1. The Morgan fingerprint density at radius 2 is 1.24 bits per heavy atom. The number of halogens is 4. The first-order valence-electron chi connectivity index (χ1n) is 5.85. The van der Waals surface area contributed by atoms with Gasteiger partial charge in [-0.3, -0.25) is 0 Å². The van der Waals surface area contributed by atoms with Crippen molar-refractivity contribution in [3.8, 4) is 0 Å². The fraction of sp³-hybridized carbons (Fsp3) is 0.0714. The molecule has 0 radical (unpaired) electrons. The zero-order valence-corrected chi connectivity index (χ0v) is 13.8. The van der Waals surface area contributed by atoms with Gasteiger partial charge in [0.2, 0.25) is 0 Å². The number of carbonyl (C=O) groups excluding carboxylic acids is 1. The second-order valence-electron chi connectivity index (χ2n) is 4.30. The number of amides is 2. The van der Waals surface area contributed by atoms with Crippen molar-refractivity contribution in [1.82, 2.24) is 0 Å². The molecule has 0 heterocycles. The van der Waals surface area contributed by atoms with Crippen molar-refractivity contribution < 1.29 is 4.79 Å².